The van der Waals surface area contributed by atoms with Gasteiger partial charge in [-0.2, -0.15) is 0 Å². The van der Waals surface area contributed by atoms with Crippen LogP contribution in [-0.2, 0) is 16.0 Å². The van der Waals surface area contributed by atoms with Crippen LogP contribution in [0.25, 0.3) is 0 Å². The van der Waals surface area contributed by atoms with Crippen molar-refractivity contribution in [2.24, 2.45) is 11.8 Å². The number of carbonyl (C=O) groups excluding carboxylic acids is 1. The lowest BCUT2D eigenvalue weighted by Crippen LogP contribution is -2.40. The van der Waals surface area contributed by atoms with Gasteiger partial charge >= 0.3 is 5.97 Å². The number of carboxylic acids is 1. The number of nitrogens with one attached hydrogen (secondary N) is 1. The number of hydrogen-bond acceptors (Lipinski definition) is 5. The van der Waals surface area contributed by atoms with E-state index in [2.05, 4.69) is 29.2 Å². The topological polar surface area (TPSA) is 95.7 Å². The van der Waals surface area contributed by atoms with Crippen molar-refractivity contribution in [2.75, 3.05) is 16.8 Å². The Labute approximate surface area is 199 Å². The molecule has 1 heterocycles. The summed E-state index contributed by atoms with van der Waals surface area (Å²) in [5, 5.41) is 16.2. The first-order valence-electron chi connectivity index (χ1n) is 12.3. The van der Waals surface area contributed by atoms with E-state index in [1.54, 1.807) is 19.1 Å². The van der Waals surface area contributed by atoms with Crippen molar-refractivity contribution < 1.29 is 23.6 Å². The number of nitrogens with zero attached hydrogens (tertiary/aromatic N) is 2. The van der Waals surface area contributed by atoms with Crippen LogP contribution >= 0.6 is 0 Å². The van der Waals surface area contributed by atoms with Gasteiger partial charge in [-0.25, -0.2) is 4.39 Å². The summed E-state index contributed by atoms with van der Waals surface area (Å²) in [4.78, 5) is 26.6. The van der Waals surface area contributed by atoms with Crippen molar-refractivity contribution >= 4 is 23.3 Å². The quantitative estimate of drug-likeness (QED) is 0.516. The average Bonchev–Trinajstić information content (AvgIpc) is 3.49. The number of benzene rings is 1. The molecule has 0 radical (unpaired) electrons. The normalized spacial score (nSPS) is 20.4. The van der Waals surface area contributed by atoms with Gasteiger partial charge in [0.1, 0.15) is 11.6 Å². The summed E-state index contributed by atoms with van der Waals surface area (Å²) in [5.74, 6) is -1.74. The summed E-state index contributed by atoms with van der Waals surface area (Å²) in [6, 6.07) is 5.14. The third-order valence-electron chi connectivity index (χ3n) is 6.79. The van der Waals surface area contributed by atoms with Crippen LogP contribution in [0.2, 0.25) is 0 Å². The molecule has 2 fully saturated rings. The number of aromatic nitrogens is 1. The second-order valence-corrected chi connectivity index (χ2v) is 10.2. The van der Waals surface area contributed by atoms with E-state index in [1.165, 1.54) is 12.5 Å². The fraction of sp³-hybridized carbons (Fsp3) is 0.577. The summed E-state index contributed by atoms with van der Waals surface area (Å²) >= 11 is 0. The highest BCUT2D eigenvalue weighted by molar-refractivity contribution is 5.95. The lowest BCUT2D eigenvalue weighted by Gasteiger charge is -2.38. The highest BCUT2D eigenvalue weighted by Crippen LogP contribution is 2.50. The minimum Gasteiger partial charge on any atom is -0.481 e. The minimum atomic E-state index is -0.914. The number of rotatable bonds is 9. The molecule has 0 saturated heterocycles. The molecule has 2 aliphatic rings. The molecule has 184 valence electrons. The molecule has 0 spiro atoms. The number of halogens is 1. The highest BCUT2D eigenvalue weighted by atomic mass is 19.1. The molecule has 2 atom stereocenters. The van der Waals surface area contributed by atoms with Crippen LogP contribution in [-0.4, -0.2) is 34.7 Å². The zero-order valence-corrected chi connectivity index (χ0v) is 20.1. The monoisotopic (exact) mass is 471 g/mol. The van der Waals surface area contributed by atoms with E-state index in [1.807, 2.05) is 0 Å². The Bertz CT molecular complexity index is 1040. The first-order chi connectivity index (χ1) is 16.2. The maximum absolute atomic E-state index is 15.4. The molecular formula is C26H34FN3O4. The van der Waals surface area contributed by atoms with Crippen molar-refractivity contribution in [1.29, 1.82) is 0 Å². The lowest BCUT2D eigenvalue weighted by atomic mass is 9.92. The molecule has 2 aromatic rings. The predicted octanol–water partition coefficient (Wildman–Crippen LogP) is 5.29. The molecular weight excluding hydrogens is 437 g/mol. The number of amides is 1. The Hall–Kier alpha value is -2.90. The highest BCUT2D eigenvalue weighted by Gasteiger charge is 2.46. The minimum absolute atomic E-state index is 0.0157. The SMILES string of the molecule is Cc1cc(CC(=O)Nc2cc([C@H]3C[C@H]3C(=O)O)c(F)cc2N(CC(C)C)C2CCCCC2)on1. The van der Waals surface area contributed by atoms with Gasteiger partial charge in [-0.3, -0.25) is 9.59 Å². The Morgan fingerprint density at radius 2 is 1.97 bits per heavy atom. The number of hydrogen-bond donors (Lipinski definition) is 2. The number of anilines is 2. The van der Waals surface area contributed by atoms with Gasteiger partial charge in [0.05, 0.1) is 29.4 Å². The van der Waals surface area contributed by atoms with Crippen LogP contribution in [0.15, 0.2) is 22.7 Å². The third-order valence-corrected chi connectivity index (χ3v) is 6.79. The summed E-state index contributed by atoms with van der Waals surface area (Å²) in [6.45, 7) is 6.80. The molecule has 8 heteroatoms. The Balaban J connectivity index is 1.68. The van der Waals surface area contributed by atoms with E-state index >= 15 is 4.39 Å². The van der Waals surface area contributed by atoms with Gasteiger partial charge in [-0.15, -0.1) is 0 Å². The molecule has 4 rings (SSSR count). The second-order valence-electron chi connectivity index (χ2n) is 10.2. The van der Waals surface area contributed by atoms with E-state index in [0.29, 0.717) is 40.7 Å². The van der Waals surface area contributed by atoms with Crippen LogP contribution in [0, 0.1) is 24.6 Å². The van der Waals surface area contributed by atoms with Crippen molar-refractivity contribution in [3.63, 3.8) is 0 Å². The molecule has 1 aromatic carbocycles. The zero-order chi connectivity index (χ0) is 24.4. The summed E-state index contributed by atoms with van der Waals surface area (Å²) < 4.78 is 20.5. The van der Waals surface area contributed by atoms with Crippen LogP contribution < -0.4 is 10.2 Å². The van der Waals surface area contributed by atoms with Gasteiger partial charge < -0.3 is 19.8 Å². The van der Waals surface area contributed by atoms with E-state index in [4.69, 9.17) is 4.52 Å². The van der Waals surface area contributed by atoms with E-state index < -0.39 is 17.7 Å². The zero-order valence-electron chi connectivity index (χ0n) is 20.1. The van der Waals surface area contributed by atoms with Crippen LogP contribution in [0.4, 0.5) is 15.8 Å². The van der Waals surface area contributed by atoms with Gasteiger partial charge in [-0.1, -0.05) is 38.3 Å². The summed E-state index contributed by atoms with van der Waals surface area (Å²) in [7, 11) is 0. The molecule has 2 aliphatic carbocycles. The number of carbonyl (C=O) groups is 2. The molecule has 2 N–H and O–H groups in total. The Kier molecular flexibility index (Phi) is 7.24. The molecule has 1 aromatic heterocycles. The Morgan fingerprint density at radius 3 is 2.56 bits per heavy atom. The van der Waals surface area contributed by atoms with Crippen LogP contribution in [0.1, 0.15) is 75.3 Å². The summed E-state index contributed by atoms with van der Waals surface area (Å²) in [6.07, 6.45) is 5.97. The fourth-order valence-corrected chi connectivity index (χ4v) is 5.10. The molecule has 0 bridgehead atoms. The first-order valence-corrected chi connectivity index (χ1v) is 12.3. The van der Waals surface area contributed by atoms with E-state index in [-0.39, 0.29) is 24.3 Å². The standard InChI is InChI=1S/C26H34FN3O4/c1-15(2)14-30(17-7-5-4-6-8-17)24-13-22(27)20(19-11-21(19)26(32)33)12-23(24)28-25(31)10-18-9-16(3)29-34-18/h9,12-13,15,17,19,21H,4-8,10-11,14H2,1-3H3,(H,28,31)(H,32,33)/t19-,21-/m1/s1. The maximum Gasteiger partial charge on any atom is 0.307 e. The predicted molar refractivity (Wildman–Crippen MR) is 128 cm³/mol. The molecule has 7 nitrogen and oxygen atoms in total. The fourth-order valence-electron chi connectivity index (χ4n) is 5.10. The largest absolute Gasteiger partial charge is 0.481 e. The van der Waals surface area contributed by atoms with Crippen molar-refractivity contribution in [1.82, 2.24) is 5.16 Å². The van der Waals surface area contributed by atoms with Crippen LogP contribution in [0.3, 0.4) is 0 Å². The lowest BCUT2D eigenvalue weighted by molar-refractivity contribution is -0.138. The first kappa shape index (κ1) is 24.2. The average molecular weight is 472 g/mol. The molecule has 2 saturated carbocycles. The van der Waals surface area contributed by atoms with Gasteiger partial charge in [-0.05, 0) is 49.8 Å². The van der Waals surface area contributed by atoms with E-state index in [9.17, 15) is 14.7 Å². The van der Waals surface area contributed by atoms with Crippen molar-refractivity contribution in [3.05, 3.63) is 41.0 Å². The third kappa shape index (κ3) is 5.59. The number of aliphatic carboxylic acids is 1. The molecule has 1 amide bonds. The van der Waals surface area contributed by atoms with Gasteiger partial charge in [0.25, 0.3) is 0 Å². The molecule has 0 aliphatic heterocycles. The summed E-state index contributed by atoms with van der Waals surface area (Å²) in [5.41, 5.74) is 2.24. The molecule has 34 heavy (non-hydrogen) atoms. The smallest absolute Gasteiger partial charge is 0.307 e. The second kappa shape index (κ2) is 10.2. The van der Waals surface area contributed by atoms with Crippen molar-refractivity contribution in [3.8, 4) is 0 Å². The Morgan fingerprint density at radius 1 is 1.24 bits per heavy atom. The van der Waals surface area contributed by atoms with Crippen LogP contribution in [0.5, 0.6) is 0 Å². The van der Waals surface area contributed by atoms with Gasteiger partial charge in [0.2, 0.25) is 5.91 Å². The van der Waals surface area contributed by atoms with Gasteiger partial charge in [0.15, 0.2) is 0 Å². The number of aryl methyl sites for hydroxylation is 1. The maximum atomic E-state index is 15.4. The van der Waals surface area contributed by atoms with E-state index in [0.717, 1.165) is 32.2 Å². The molecule has 0 unspecified atom stereocenters. The number of carboxylic acid groups (broad SMARTS) is 1. The van der Waals surface area contributed by atoms with Crippen molar-refractivity contribution in [2.45, 2.75) is 77.7 Å². The van der Waals surface area contributed by atoms with Gasteiger partial charge in [0, 0.05) is 24.6 Å².